The van der Waals surface area contributed by atoms with Gasteiger partial charge in [0.05, 0.1) is 12.2 Å². The molecule has 1 aromatic heterocycles. The highest BCUT2D eigenvalue weighted by Gasteiger charge is 2.08. The van der Waals surface area contributed by atoms with Gasteiger partial charge in [-0.3, -0.25) is 0 Å². The highest BCUT2D eigenvalue weighted by molar-refractivity contribution is 6.30. The molecule has 0 amide bonds. The summed E-state index contributed by atoms with van der Waals surface area (Å²) in [5.74, 6) is 0. The standard InChI is InChI=1S/C15H17ClN4/c1-11(2)10-20-15(14(9-17)18-19-20)8-5-12-3-6-13(16)7-4-12/h3-8H,1,9-10,17H2,2H3/b8-5+. The van der Waals surface area contributed by atoms with Gasteiger partial charge in [0.15, 0.2) is 0 Å². The van der Waals surface area contributed by atoms with Gasteiger partial charge >= 0.3 is 0 Å². The maximum absolute atomic E-state index is 5.87. The molecule has 0 aliphatic rings. The third kappa shape index (κ3) is 3.56. The molecule has 4 nitrogen and oxygen atoms in total. The Morgan fingerprint density at radius 3 is 2.65 bits per heavy atom. The first-order valence-corrected chi connectivity index (χ1v) is 6.68. The first-order valence-electron chi connectivity index (χ1n) is 6.30. The maximum atomic E-state index is 5.87. The van der Waals surface area contributed by atoms with Crippen LogP contribution in [0.2, 0.25) is 5.02 Å². The number of nitrogens with two attached hydrogens (primary N) is 1. The maximum Gasteiger partial charge on any atom is 0.104 e. The number of benzene rings is 1. The van der Waals surface area contributed by atoms with Crippen molar-refractivity contribution in [2.24, 2.45) is 5.73 Å². The van der Waals surface area contributed by atoms with Crippen LogP contribution in [0, 0.1) is 0 Å². The number of aromatic nitrogens is 3. The summed E-state index contributed by atoms with van der Waals surface area (Å²) in [4.78, 5) is 0. The molecule has 0 spiro atoms. The van der Waals surface area contributed by atoms with Gasteiger partial charge in [0.1, 0.15) is 5.69 Å². The number of rotatable bonds is 5. The van der Waals surface area contributed by atoms with Gasteiger partial charge in [-0.1, -0.05) is 47.2 Å². The molecule has 5 heteroatoms. The molecule has 2 rings (SSSR count). The molecule has 0 saturated carbocycles. The molecule has 1 aromatic carbocycles. The second-order valence-corrected chi connectivity index (χ2v) is 5.06. The fraction of sp³-hybridized carbons (Fsp3) is 0.200. The first kappa shape index (κ1) is 14.5. The van der Waals surface area contributed by atoms with E-state index in [4.69, 9.17) is 17.3 Å². The SMILES string of the molecule is C=C(C)Cn1nnc(CN)c1/C=C/c1ccc(Cl)cc1. The Kier molecular flexibility index (Phi) is 4.71. The van der Waals surface area contributed by atoms with Crippen LogP contribution in [0.25, 0.3) is 12.2 Å². The average Bonchev–Trinajstić information content (AvgIpc) is 2.79. The van der Waals surface area contributed by atoms with E-state index in [9.17, 15) is 0 Å². The summed E-state index contributed by atoms with van der Waals surface area (Å²) in [7, 11) is 0. The molecule has 2 aromatic rings. The third-order valence-corrected chi connectivity index (χ3v) is 3.02. The number of hydrogen-bond acceptors (Lipinski definition) is 3. The second kappa shape index (κ2) is 6.50. The minimum absolute atomic E-state index is 0.358. The number of halogens is 1. The van der Waals surface area contributed by atoms with Crippen LogP contribution in [0.3, 0.4) is 0 Å². The van der Waals surface area contributed by atoms with Crippen LogP contribution in [0.1, 0.15) is 23.9 Å². The Bertz CT molecular complexity index is 626. The van der Waals surface area contributed by atoms with Crippen molar-refractivity contribution < 1.29 is 0 Å². The lowest BCUT2D eigenvalue weighted by atomic mass is 10.2. The average molecular weight is 289 g/mol. The van der Waals surface area contributed by atoms with Crippen LogP contribution in [0.4, 0.5) is 0 Å². The number of hydrogen-bond donors (Lipinski definition) is 1. The molecule has 0 fully saturated rings. The van der Waals surface area contributed by atoms with E-state index in [1.165, 1.54) is 0 Å². The molecule has 0 unspecified atom stereocenters. The summed E-state index contributed by atoms with van der Waals surface area (Å²) in [5.41, 5.74) is 9.45. The molecular formula is C15H17ClN4. The smallest absolute Gasteiger partial charge is 0.104 e. The molecule has 0 aliphatic carbocycles. The topological polar surface area (TPSA) is 56.7 Å². The van der Waals surface area contributed by atoms with Crippen LogP contribution < -0.4 is 5.73 Å². The minimum Gasteiger partial charge on any atom is -0.325 e. The van der Waals surface area contributed by atoms with Crippen LogP contribution in [-0.2, 0) is 13.1 Å². The van der Waals surface area contributed by atoms with Gasteiger partial charge in [0, 0.05) is 11.6 Å². The monoisotopic (exact) mass is 288 g/mol. The summed E-state index contributed by atoms with van der Waals surface area (Å²) in [6.07, 6.45) is 3.96. The molecule has 0 bridgehead atoms. The Labute approximate surface area is 123 Å². The summed E-state index contributed by atoms with van der Waals surface area (Å²) < 4.78 is 1.80. The van der Waals surface area contributed by atoms with Crippen molar-refractivity contribution in [3.63, 3.8) is 0 Å². The van der Waals surface area contributed by atoms with Crippen LogP contribution in [-0.4, -0.2) is 15.0 Å². The lowest BCUT2D eigenvalue weighted by molar-refractivity contribution is 0.638. The zero-order valence-corrected chi connectivity index (χ0v) is 12.1. The van der Waals surface area contributed by atoms with Gasteiger partial charge < -0.3 is 5.73 Å². The summed E-state index contributed by atoms with van der Waals surface area (Å²) in [6, 6.07) is 7.62. The lowest BCUT2D eigenvalue weighted by Crippen LogP contribution is -2.05. The van der Waals surface area contributed by atoms with Crippen molar-refractivity contribution in [3.05, 3.63) is 58.4 Å². The molecule has 2 N–H and O–H groups in total. The molecule has 0 aliphatic heterocycles. The van der Waals surface area contributed by atoms with Gasteiger partial charge in [-0.15, -0.1) is 5.10 Å². The third-order valence-electron chi connectivity index (χ3n) is 2.76. The van der Waals surface area contributed by atoms with Crippen LogP contribution in [0.5, 0.6) is 0 Å². The largest absolute Gasteiger partial charge is 0.325 e. The van der Waals surface area contributed by atoms with E-state index < -0.39 is 0 Å². The molecule has 0 radical (unpaired) electrons. The Hall–Kier alpha value is -1.91. The number of nitrogens with zero attached hydrogens (tertiary/aromatic N) is 3. The normalized spacial score (nSPS) is 11.2. The zero-order valence-electron chi connectivity index (χ0n) is 11.4. The van der Waals surface area contributed by atoms with E-state index in [-0.39, 0.29) is 0 Å². The van der Waals surface area contributed by atoms with Gasteiger partial charge in [-0.05, 0) is 30.7 Å². The minimum atomic E-state index is 0.358. The van der Waals surface area contributed by atoms with Crippen molar-refractivity contribution >= 4 is 23.8 Å². The fourth-order valence-electron chi connectivity index (χ4n) is 1.81. The molecule has 104 valence electrons. The predicted octanol–water partition coefficient (Wildman–Crippen LogP) is 3.14. The van der Waals surface area contributed by atoms with E-state index in [0.717, 1.165) is 27.5 Å². The molecule has 20 heavy (non-hydrogen) atoms. The van der Waals surface area contributed by atoms with E-state index in [0.29, 0.717) is 13.1 Å². The highest BCUT2D eigenvalue weighted by atomic mass is 35.5. The van der Waals surface area contributed by atoms with Crippen LogP contribution in [0.15, 0.2) is 36.4 Å². The first-order chi connectivity index (χ1) is 9.60. The van der Waals surface area contributed by atoms with E-state index in [1.807, 2.05) is 43.3 Å². The fourth-order valence-corrected chi connectivity index (χ4v) is 1.93. The Morgan fingerprint density at radius 1 is 1.35 bits per heavy atom. The van der Waals surface area contributed by atoms with E-state index in [2.05, 4.69) is 16.9 Å². The second-order valence-electron chi connectivity index (χ2n) is 4.63. The summed E-state index contributed by atoms with van der Waals surface area (Å²) in [6.45, 7) is 6.84. The van der Waals surface area contributed by atoms with Crippen LogP contribution >= 0.6 is 11.6 Å². The van der Waals surface area contributed by atoms with E-state index in [1.54, 1.807) is 4.68 Å². The predicted molar refractivity (Wildman–Crippen MR) is 83.1 cm³/mol. The van der Waals surface area contributed by atoms with Gasteiger partial charge in [0.25, 0.3) is 0 Å². The summed E-state index contributed by atoms with van der Waals surface area (Å²) >= 11 is 5.87. The highest BCUT2D eigenvalue weighted by Crippen LogP contribution is 2.14. The molecule has 1 heterocycles. The van der Waals surface area contributed by atoms with Crippen molar-refractivity contribution in [1.82, 2.24) is 15.0 Å². The van der Waals surface area contributed by atoms with Gasteiger partial charge in [0.2, 0.25) is 0 Å². The molecule has 0 saturated heterocycles. The lowest BCUT2D eigenvalue weighted by Gasteiger charge is -2.03. The van der Waals surface area contributed by atoms with Crippen molar-refractivity contribution in [1.29, 1.82) is 0 Å². The van der Waals surface area contributed by atoms with Crippen molar-refractivity contribution in [3.8, 4) is 0 Å². The Balaban J connectivity index is 2.28. The zero-order chi connectivity index (χ0) is 14.5. The Morgan fingerprint density at radius 2 is 2.05 bits per heavy atom. The summed E-state index contributed by atoms with van der Waals surface area (Å²) in [5, 5.41) is 8.92. The van der Waals surface area contributed by atoms with Gasteiger partial charge in [-0.25, -0.2) is 4.68 Å². The molecule has 0 atom stereocenters. The number of allylic oxidation sites excluding steroid dienone is 1. The van der Waals surface area contributed by atoms with Crippen molar-refractivity contribution in [2.45, 2.75) is 20.0 Å². The van der Waals surface area contributed by atoms with Gasteiger partial charge in [-0.2, -0.15) is 0 Å². The quantitative estimate of drug-likeness (QED) is 0.860. The van der Waals surface area contributed by atoms with E-state index >= 15 is 0 Å². The molecular weight excluding hydrogens is 272 g/mol. The van der Waals surface area contributed by atoms with Crippen molar-refractivity contribution in [2.75, 3.05) is 0 Å².